The molecule has 7 nitrogen and oxygen atoms in total. The first-order valence-electron chi connectivity index (χ1n) is 5.24. The van der Waals surface area contributed by atoms with Crippen molar-refractivity contribution in [2.75, 3.05) is 12.3 Å². The molecule has 2 aromatic heterocycles. The molecule has 1 amide bonds. The highest BCUT2D eigenvalue weighted by molar-refractivity contribution is 5.97. The minimum atomic E-state index is -0.279. The predicted octanol–water partition coefficient (Wildman–Crippen LogP) is -0.0732. The van der Waals surface area contributed by atoms with Gasteiger partial charge in [-0.05, 0) is 13.0 Å². The van der Waals surface area contributed by atoms with Gasteiger partial charge in [0.15, 0.2) is 5.69 Å². The molecular formula is C10H14N6O. The third-order valence-corrected chi connectivity index (χ3v) is 2.40. The van der Waals surface area contributed by atoms with Crippen LogP contribution in [0.5, 0.6) is 0 Å². The summed E-state index contributed by atoms with van der Waals surface area (Å²) < 4.78 is 1.74. The number of nitrogen functional groups attached to an aromatic ring is 1. The van der Waals surface area contributed by atoms with Gasteiger partial charge in [0.05, 0.1) is 17.9 Å². The van der Waals surface area contributed by atoms with Crippen molar-refractivity contribution in [3.8, 4) is 0 Å². The molecule has 2 aromatic rings. The molecule has 0 atom stereocenters. The molecule has 0 saturated carbocycles. The normalized spacial score (nSPS) is 10.4. The maximum absolute atomic E-state index is 11.7. The highest BCUT2D eigenvalue weighted by Gasteiger charge is 2.14. The summed E-state index contributed by atoms with van der Waals surface area (Å²) in [6, 6.07) is 1.83. The average molecular weight is 234 g/mol. The Morgan fingerprint density at radius 1 is 1.65 bits per heavy atom. The second-order valence-electron chi connectivity index (χ2n) is 3.64. The van der Waals surface area contributed by atoms with Crippen molar-refractivity contribution >= 4 is 11.6 Å². The van der Waals surface area contributed by atoms with E-state index in [4.69, 9.17) is 5.73 Å². The number of nitrogens with zero attached hydrogens (tertiary/aromatic N) is 3. The lowest BCUT2D eigenvalue weighted by Gasteiger charge is -2.04. The summed E-state index contributed by atoms with van der Waals surface area (Å²) in [5.74, 6) is -0.279. The molecule has 0 spiro atoms. The van der Waals surface area contributed by atoms with Gasteiger partial charge < -0.3 is 11.1 Å². The van der Waals surface area contributed by atoms with Crippen LogP contribution in [0.3, 0.4) is 0 Å². The number of hydrogen-bond acceptors (Lipinski definition) is 4. The van der Waals surface area contributed by atoms with Crippen molar-refractivity contribution in [1.29, 1.82) is 0 Å². The first-order valence-corrected chi connectivity index (χ1v) is 5.24. The number of carbonyl (C=O) groups is 1. The zero-order valence-electron chi connectivity index (χ0n) is 9.47. The lowest BCUT2D eigenvalue weighted by atomic mass is 10.3. The second kappa shape index (κ2) is 4.69. The number of amides is 1. The van der Waals surface area contributed by atoms with Crippen LogP contribution < -0.4 is 11.1 Å². The maximum Gasteiger partial charge on any atom is 0.274 e. The predicted molar refractivity (Wildman–Crippen MR) is 62.3 cm³/mol. The van der Waals surface area contributed by atoms with Gasteiger partial charge in [0.1, 0.15) is 0 Å². The number of nitrogens with one attached hydrogen (secondary N) is 2. The van der Waals surface area contributed by atoms with Gasteiger partial charge in [-0.1, -0.05) is 0 Å². The molecule has 0 bridgehead atoms. The van der Waals surface area contributed by atoms with E-state index in [0.29, 0.717) is 24.5 Å². The molecule has 0 aliphatic carbocycles. The van der Waals surface area contributed by atoms with E-state index in [2.05, 4.69) is 20.6 Å². The Balaban J connectivity index is 1.87. The van der Waals surface area contributed by atoms with E-state index in [-0.39, 0.29) is 11.6 Å². The third-order valence-electron chi connectivity index (χ3n) is 2.40. The van der Waals surface area contributed by atoms with Crippen molar-refractivity contribution in [2.24, 2.45) is 0 Å². The number of aromatic nitrogens is 4. The number of nitrogens with two attached hydrogens (primary N) is 1. The Bertz CT molecular complexity index is 501. The fourth-order valence-electron chi connectivity index (χ4n) is 1.41. The monoisotopic (exact) mass is 234 g/mol. The van der Waals surface area contributed by atoms with E-state index < -0.39 is 0 Å². The highest BCUT2D eigenvalue weighted by atomic mass is 16.1. The van der Waals surface area contributed by atoms with E-state index in [0.717, 1.165) is 0 Å². The van der Waals surface area contributed by atoms with Gasteiger partial charge in [-0.2, -0.15) is 10.2 Å². The zero-order chi connectivity index (χ0) is 12.3. The van der Waals surface area contributed by atoms with Crippen LogP contribution >= 0.6 is 0 Å². The van der Waals surface area contributed by atoms with Crippen LogP contribution in [0.2, 0.25) is 0 Å². The van der Waals surface area contributed by atoms with E-state index in [1.54, 1.807) is 17.8 Å². The van der Waals surface area contributed by atoms with E-state index in [9.17, 15) is 4.79 Å². The molecule has 0 aliphatic heterocycles. The minimum Gasteiger partial charge on any atom is -0.395 e. The fourth-order valence-corrected chi connectivity index (χ4v) is 1.41. The van der Waals surface area contributed by atoms with Crippen molar-refractivity contribution in [1.82, 2.24) is 25.3 Å². The summed E-state index contributed by atoms with van der Waals surface area (Å²) in [6.45, 7) is 2.86. The highest BCUT2D eigenvalue weighted by Crippen LogP contribution is 2.11. The largest absolute Gasteiger partial charge is 0.395 e. The molecule has 0 aliphatic rings. The number of hydrogen-bond donors (Lipinski definition) is 3. The van der Waals surface area contributed by atoms with Crippen LogP contribution in [-0.2, 0) is 6.54 Å². The summed E-state index contributed by atoms with van der Waals surface area (Å²) >= 11 is 0. The summed E-state index contributed by atoms with van der Waals surface area (Å²) in [5, 5.41) is 13.3. The summed E-state index contributed by atoms with van der Waals surface area (Å²) in [5.41, 5.74) is 7.02. The SMILES string of the molecule is Cc1[nH]nc(C(=O)NCCn2cccn2)c1N. The quantitative estimate of drug-likeness (QED) is 0.689. The van der Waals surface area contributed by atoms with Crippen LogP contribution in [-0.4, -0.2) is 32.4 Å². The zero-order valence-corrected chi connectivity index (χ0v) is 9.47. The number of rotatable bonds is 4. The molecule has 0 aromatic carbocycles. The number of carbonyl (C=O) groups excluding carboxylic acids is 1. The number of aryl methyl sites for hydroxylation is 1. The van der Waals surface area contributed by atoms with E-state index >= 15 is 0 Å². The van der Waals surface area contributed by atoms with Gasteiger partial charge in [0.25, 0.3) is 5.91 Å². The van der Waals surface area contributed by atoms with Crippen molar-refractivity contribution in [2.45, 2.75) is 13.5 Å². The van der Waals surface area contributed by atoms with Crippen molar-refractivity contribution in [3.63, 3.8) is 0 Å². The van der Waals surface area contributed by atoms with Gasteiger partial charge in [0.2, 0.25) is 0 Å². The van der Waals surface area contributed by atoms with Gasteiger partial charge >= 0.3 is 0 Å². The fraction of sp³-hybridized carbons (Fsp3) is 0.300. The van der Waals surface area contributed by atoms with Crippen LogP contribution in [0.25, 0.3) is 0 Å². The molecule has 2 heterocycles. The molecule has 17 heavy (non-hydrogen) atoms. The molecule has 90 valence electrons. The van der Waals surface area contributed by atoms with Gasteiger partial charge in [-0.25, -0.2) is 0 Å². The Kier molecular flexibility index (Phi) is 3.08. The number of anilines is 1. The third kappa shape index (κ3) is 2.44. The maximum atomic E-state index is 11.7. The molecule has 0 saturated heterocycles. The summed E-state index contributed by atoms with van der Waals surface area (Å²) in [7, 11) is 0. The second-order valence-corrected chi connectivity index (χ2v) is 3.64. The van der Waals surface area contributed by atoms with E-state index in [1.165, 1.54) is 0 Å². The minimum absolute atomic E-state index is 0.239. The Morgan fingerprint density at radius 2 is 2.47 bits per heavy atom. The van der Waals surface area contributed by atoms with Crippen LogP contribution in [0.4, 0.5) is 5.69 Å². The summed E-state index contributed by atoms with van der Waals surface area (Å²) in [6.07, 6.45) is 3.52. The van der Waals surface area contributed by atoms with Crippen molar-refractivity contribution in [3.05, 3.63) is 29.8 Å². The molecular weight excluding hydrogens is 220 g/mol. The van der Waals surface area contributed by atoms with Gasteiger partial charge in [0, 0.05) is 18.9 Å². The molecule has 0 fully saturated rings. The lowest BCUT2D eigenvalue weighted by molar-refractivity contribution is 0.0948. The molecule has 0 radical (unpaired) electrons. The van der Waals surface area contributed by atoms with Gasteiger partial charge in [-0.15, -0.1) is 0 Å². The standard InChI is InChI=1S/C10H14N6O/c1-7-8(11)9(15-14-7)10(17)12-4-6-16-5-2-3-13-16/h2-3,5H,4,6,11H2,1H3,(H,12,17)(H,14,15). The Morgan fingerprint density at radius 3 is 3.06 bits per heavy atom. The first kappa shape index (κ1) is 11.2. The van der Waals surface area contributed by atoms with E-state index in [1.807, 2.05) is 12.3 Å². The molecule has 7 heteroatoms. The Hall–Kier alpha value is -2.31. The molecule has 2 rings (SSSR count). The average Bonchev–Trinajstić information content (AvgIpc) is 2.91. The number of aromatic amines is 1. The van der Waals surface area contributed by atoms with Crippen LogP contribution in [0.1, 0.15) is 16.2 Å². The molecule has 0 unspecified atom stereocenters. The summed E-state index contributed by atoms with van der Waals surface area (Å²) in [4.78, 5) is 11.7. The Labute approximate surface area is 98.0 Å². The first-order chi connectivity index (χ1) is 8.18. The van der Waals surface area contributed by atoms with Crippen molar-refractivity contribution < 1.29 is 4.79 Å². The van der Waals surface area contributed by atoms with Crippen LogP contribution in [0.15, 0.2) is 18.5 Å². The number of H-pyrrole nitrogens is 1. The molecule has 4 N–H and O–H groups in total. The smallest absolute Gasteiger partial charge is 0.274 e. The van der Waals surface area contributed by atoms with Crippen LogP contribution in [0, 0.1) is 6.92 Å². The topological polar surface area (TPSA) is 102 Å². The van der Waals surface area contributed by atoms with Gasteiger partial charge in [-0.3, -0.25) is 14.6 Å². The lowest BCUT2D eigenvalue weighted by Crippen LogP contribution is -2.28.